The van der Waals surface area contributed by atoms with Gasteiger partial charge in [-0.15, -0.1) is 0 Å². The number of rotatable bonds is 6. The molecule has 31 heavy (non-hydrogen) atoms. The van der Waals surface area contributed by atoms with Crippen LogP contribution in [0.2, 0.25) is 0 Å². The van der Waals surface area contributed by atoms with Gasteiger partial charge < -0.3 is 15.2 Å². The number of ether oxygens (including phenoxy) is 1. The number of fused-ring (bicyclic) bond motifs is 3. The van der Waals surface area contributed by atoms with Crippen LogP contribution in [0.4, 0.5) is 13.6 Å². The van der Waals surface area contributed by atoms with Gasteiger partial charge in [-0.1, -0.05) is 60.7 Å². The Labute approximate surface area is 177 Å². The van der Waals surface area contributed by atoms with Gasteiger partial charge in [0.25, 0.3) is 5.92 Å². The molecule has 0 radical (unpaired) electrons. The minimum Gasteiger partial charge on any atom is -0.478 e. The fourth-order valence-corrected chi connectivity index (χ4v) is 3.79. The van der Waals surface area contributed by atoms with E-state index < -0.39 is 30.1 Å². The third kappa shape index (κ3) is 4.12. The predicted octanol–water partition coefficient (Wildman–Crippen LogP) is 5.02. The molecule has 3 aromatic rings. The molecule has 1 amide bonds. The summed E-state index contributed by atoms with van der Waals surface area (Å²) in [5.74, 6) is -4.74. The first-order valence-electron chi connectivity index (χ1n) is 9.67. The van der Waals surface area contributed by atoms with Crippen molar-refractivity contribution in [2.75, 3.05) is 13.2 Å². The Morgan fingerprint density at radius 2 is 1.45 bits per heavy atom. The molecule has 7 heteroatoms. The van der Waals surface area contributed by atoms with Crippen LogP contribution in [-0.2, 0) is 10.7 Å². The quantitative estimate of drug-likeness (QED) is 0.584. The van der Waals surface area contributed by atoms with Crippen LogP contribution in [0.1, 0.15) is 33.0 Å². The molecule has 0 fully saturated rings. The number of hydrogen-bond acceptors (Lipinski definition) is 3. The third-order valence-electron chi connectivity index (χ3n) is 5.35. The van der Waals surface area contributed by atoms with E-state index in [-0.39, 0.29) is 18.1 Å². The highest BCUT2D eigenvalue weighted by Crippen LogP contribution is 2.44. The van der Waals surface area contributed by atoms with Gasteiger partial charge in [0.15, 0.2) is 0 Å². The highest BCUT2D eigenvalue weighted by Gasteiger charge is 2.33. The van der Waals surface area contributed by atoms with Gasteiger partial charge in [0, 0.05) is 11.5 Å². The van der Waals surface area contributed by atoms with E-state index in [9.17, 15) is 18.4 Å². The second kappa shape index (κ2) is 8.18. The summed E-state index contributed by atoms with van der Waals surface area (Å²) >= 11 is 0. The summed E-state index contributed by atoms with van der Waals surface area (Å²) in [7, 11) is 0. The van der Waals surface area contributed by atoms with E-state index in [1.54, 1.807) is 0 Å². The molecule has 0 heterocycles. The molecule has 4 rings (SSSR count). The maximum Gasteiger partial charge on any atom is 0.407 e. The summed E-state index contributed by atoms with van der Waals surface area (Å²) in [5.41, 5.74) is 3.72. The van der Waals surface area contributed by atoms with Crippen molar-refractivity contribution < 1.29 is 28.2 Å². The van der Waals surface area contributed by atoms with E-state index in [2.05, 4.69) is 5.32 Å². The molecular formula is C24H19F2NO4. The molecule has 1 aliphatic rings. The average Bonchev–Trinajstić information content (AvgIpc) is 3.10. The fourth-order valence-electron chi connectivity index (χ4n) is 3.79. The molecule has 0 unspecified atom stereocenters. The number of carboxylic acid groups (broad SMARTS) is 1. The van der Waals surface area contributed by atoms with Crippen molar-refractivity contribution in [3.63, 3.8) is 0 Å². The van der Waals surface area contributed by atoms with E-state index >= 15 is 0 Å². The largest absolute Gasteiger partial charge is 0.478 e. The molecule has 0 spiro atoms. The number of carbonyl (C=O) groups excluding carboxylic acids is 1. The standard InChI is InChI=1S/C24H19F2NO4/c25-24(26,16-11-9-15(10-12-16)22(28)29)14-27-23(30)31-13-21-19-7-3-1-5-17(19)18-6-2-4-8-20(18)21/h1-12,21H,13-14H2,(H,27,30)(H,28,29). The van der Waals surface area contributed by atoms with E-state index in [0.717, 1.165) is 46.5 Å². The van der Waals surface area contributed by atoms with Gasteiger partial charge in [-0.05, 0) is 34.4 Å². The number of alkyl carbamates (subject to hydrolysis) is 1. The minimum atomic E-state index is -3.37. The highest BCUT2D eigenvalue weighted by molar-refractivity contribution is 5.87. The van der Waals surface area contributed by atoms with Gasteiger partial charge in [-0.3, -0.25) is 0 Å². The number of carboxylic acids is 1. The molecule has 0 aliphatic heterocycles. The van der Waals surface area contributed by atoms with E-state index in [4.69, 9.17) is 9.84 Å². The number of hydrogen-bond donors (Lipinski definition) is 2. The van der Waals surface area contributed by atoms with Crippen LogP contribution in [0.25, 0.3) is 11.1 Å². The Morgan fingerprint density at radius 3 is 2.00 bits per heavy atom. The lowest BCUT2D eigenvalue weighted by Gasteiger charge is -2.19. The Kier molecular flexibility index (Phi) is 5.42. The zero-order valence-electron chi connectivity index (χ0n) is 16.3. The molecule has 2 N–H and O–H groups in total. The number of benzene rings is 3. The van der Waals surface area contributed by atoms with Crippen molar-refractivity contribution in [1.29, 1.82) is 0 Å². The van der Waals surface area contributed by atoms with Crippen LogP contribution in [0.5, 0.6) is 0 Å². The van der Waals surface area contributed by atoms with Gasteiger partial charge in [0.1, 0.15) is 6.61 Å². The summed E-state index contributed by atoms with van der Waals surface area (Å²) in [5, 5.41) is 11.0. The maximum atomic E-state index is 14.4. The minimum absolute atomic E-state index is 0.0265. The SMILES string of the molecule is O=C(NCC(F)(F)c1ccc(C(=O)O)cc1)OCC1c2ccccc2-c2ccccc21. The van der Waals surface area contributed by atoms with Crippen molar-refractivity contribution in [3.05, 3.63) is 95.1 Å². The lowest BCUT2D eigenvalue weighted by molar-refractivity contribution is -0.00363. The third-order valence-corrected chi connectivity index (χ3v) is 5.35. The fraction of sp³-hybridized carbons (Fsp3) is 0.167. The smallest absolute Gasteiger partial charge is 0.407 e. The van der Waals surface area contributed by atoms with Crippen LogP contribution in [0, 0.1) is 0 Å². The first-order valence-corrected chi connectivity index (χ1v) is 9.67. The second-order valence-corrected chi connectivity index (χ2v) is 7.27. The van der Waals surface area contributed by atoms with Gasteiger partial charge in [0.2, 0.25) is 0 Å². The zero-order chi connectivity index (χ0) is 22.0. The molecule has 1 aliphatic carbocycles. The highest BCUT2D eigenvalue weighted by atomic mass is 19.3. The molecule has 0 aromatic heterocycles. The van der Waals surface area contributed by atoms with Crippen molar-refractivity contribution in [2.24, 2.45) is 0 Å². The van der Waals surface area contributed by atoms with Crippen molar-refractivity contribution in [3.8, 4) is 11.1 Å². The average molecular weight is 423 g/mol. The number of amides is 1. The predicted molar refractivity (Wildman–Crippen MR) is 110 cm³/mol. The number of carbonyl (C=O) groups is 2. The van der Waals surface area contributed by atoms with Crippen molar-refractivity contribution in [1.82, 2.24) is 5.32 Å². The topological polar surface area (TPSA) is 75.6 Å². The molecule has 0 saturated carbocycles. The van der Waals surface area contributed by atoms with E-state index in [1.165, 1.54) is 0 Å². The van der Waals surface area contributed by atoms with Crippen LogP contribution in [-0.4, -0.2) is 30.3 Å². The Hall–Kier alpha value is -3.74. The van der Waals surface area contributed by atoms with Crippen LogP contribution in [0.3, 0.4) is 0 Å². The number of nitrogens with one attached hydrogen (secondary N) is 1. The Morgan fingerprint density at radius 1 is 0.903 bits per heavy atom. The molecule has 0 atom stereocenters. The molecule has 0 bridgehead atoms. The lowest BCUT2D eigenvalue weighted by atomic mass is 9.98. The summed E-state index contributed by atoms with van der Waals surface area (Å²) in [6.07, 6.45) is -0.941. The summed E-state index contributed by atoms with van der Waals surface area (Å²) in [6, 6.07) is 19.9. The molecule has 158 valence electrons. The first-order chi connectivity index (χ1) is 14.9. The number of alkyl halides is 2. The summed E-state index contributed by atoms with van der Waals surface area (Å²) in [6.45, 7) is -0.936. The van der Waals surface area contributed by atoms with Gasteiger partial charge in [-0.2, -0.15) is 8.78 Å². The summed E-state index contributed by atoms with van der Waals surface area (Å²) in [4.78, 5) is 23.0. The molecule has 0 saturated heterocycles. The van der Waals surface area contributed by atoms with Gasteiger partial charge in [0.05, 0.1) is 12.1 Å². The second-order valence-electron chi connectivity index (χ2n) is 7.27. The molecular weight excluding hydrogens is 404 g/mol. The Balaban J connectivity index is 1.38. The van der Waals surface area contributed by atoms with Crippen molar-refractivity contribution >= 4 is 12.1 Å². The monoisotopic (exact) mass is 423 g/mol. The first kappa shape index (κ1) is 20.5. The Bertz CT molecular complexity index is 1080. The van der Waals surface area contributed by atoms with Gasteiger partial charge >= 0.3 is 12.1 Å². The molecule has 5 nitrogen and oxygen atoms in total. The van der Waals surface area contributed by atoms with Crippen LogP contribution in [0.15, 0.2) is 72.8 Å². The van der Waals surface area contributed by atoms with E-state index in [1.807, 2.05) is 48.5 Å². The summed E-state index contributed by atoms with van der Waals surface area (Å²) < 4.78 is 34.0. The van der Waals surface area contributed by atoms with Crippen LogP contribution >= 0.6 is 0 Å². The lowest BCUT2D eigenvalue weighted by Crippen LogP contribution is -2.35. The molecule has 3 aromatic carbocycles. The normalized spacial score (nSPS) is 12.7. The zero-order valence-corrected chi connectivity index (χ0v) is 16.3. The number of halogens is 2. The maximum absolute atomic E-state index is 14.4. The van der Waals surface area contributed by atoms with E-state index in [0.29, 0.717) is 0 Å². The van der Waals surface area contributed by atoms with Crippen molar-refractivity contribution in [2.45, 2.75) is 11.8 Å². The van der Waals surface area contributed by atoms with Crippen LogP contribution < -0.4 is 5.32 Å². The van der Waals surface area contributed by atoms with Gasteiger partial charge in [-0.25, -0.2) is 9.59 Å². The number of aromatic carboxylic acids is 1.